The van der Waals surface area contributed by atoms with Gasteiger partial charge in [-0.15, -0.1) is 5.10 Å². The lowest BCUT2D eigenvalue weighted by Gasteiger charge is -2.11. The van der Waals surface area contributed by atoms with Crippen LogP contribution in [0.2, 0.25) is 5.02 Å². The minimum absolute atomic E-state index is 0.166. The summed E-state index contributed by atoms with van der Waals surface area (Å²) in [6, 6.07) is 5.57. The van der Waals surface area contributed by atoms with Gasteiger partial charge in [0.2, 0.25) is 0 Å². The average Bonchev–Trinajstić information content (AvgIpc) is 3.16. The van der Waals surface area contributed by atoms with E-state index in [1.807, 2.05) is 13.0 Å². The van der Waals surface area contributed by atoms with Crippen molar-refractivity contribution in [2.24, 2.45) is 0 Å². The van der Waals surface area contributed by atoms with E-state index in [9.17, 15) is 4.79 Å². The molecule has 1 amide bonds. The van der Waals surface area contributed by atoms with Crippen molar-refractivity contribution >= 4 is 17.5 Å². The molecule has 1 aliphatic rings. The first-order valence-corrected chi connectivity index (χ1v) is 8.05. The van der Waals surface area contributed by atoms with Crippen LogP contribution in [0.25, 0.3) is 5.69 Å². The second kappa shape index (κ2) is 6.58. The number of hydrogen-bond acceptors (Lipinski definition) is 4. The molecule has 1 aromatic carbocycles. The molecule has 6 nitrogen and oxygen atoms in total. The zero-order chi connectivity index (χ0) is 16.4. The van der Waals surface area contributed by atoms with Gasteiger partial charge in [0.1, 0.15) is 5.75 Å². The highest BCUT2D eigenvalue weighted by molar-refractivity contribution is 6.32. The highest BCUT2D eigenvalue weighted by Gasteiger charge is 2.22. The summed E-state index contributed by atoms with van der Waals surface area (Å²) in [7, 11) is 1.56. The van der Waals surface area contributed by atoms with E-state index in [1.165, 1.54) is 12.8 Å². The quantitative estimate of drug-likeness (QED) is 0.933. The molecule has 1 heterocycles. The van der Waals surface area contributed by atoms with E-state index >= 15 is 0 Å². The van der Waals surface area contributed by atoms with Gasteiger partial charge in [-0.2, -0.15) is 0 Å². The summed E-state index contributed by atoms with van der Waals surface area (Å²) in [5.74, 6) is 0.424. The third kappa shape index (κ3) is 3.17. The van der Waals surface area contributed by atoms with E-state index in [1.54, 1.807) is 23.9 Å². The number of rotatable bonds is 4. The molecule has 2 aromatic rings. The van der Waals surface area contributed by atoms with Crippen molar-refractivity contribution in [1.29, 1.82) is 0 Å². The summed E-state index contributed by atoms with van der Waals surface area (Å²) in [5, 5.41) is 11.6. The minimum Gasteiger partial charge on any atom is -0.495 e. The average molecular weight is 335 g/mol. The normalized spacial score (nSPS) is 14.9. The molecule has 1 saturated carbocycles. The SMILES string of the molecule is COc1ccc(-n2nnc(C(=O)NC3CCCC3)c2C)cc1Cl. The van der Waals surface area contributed by atoms with Gasteiger partial charge < -0.3 is 10.1 Å². The summed E-state index contributed by atoms with van der Waals surface area (Å²) in [4.78, 5) is 12.4. The van der Waals surface area contributed by atoms with E-state index < -0.39 is 0 Å². The van der Waals surface area contributed by atoms with Crippen molar-refractivity contribution in [3.05, 3.63) is 34.6 Å². The predicted octanol–water partition coefficient (Wildman–Crippen LogP) is 2.91. The number of carbonyl (C=O) groups excluding carboxylic acids is 1. The summed E-state index contributed by atoms with van der Waals surface area (Å²) >= 11 is 6.15. The van der Waals surface area contributed by atoms with Crippen LogP contribution in [-0.2, 0) is 0 Å². The fraction of sp³-hybridized carbons (Fsp3) is 0.438. The van der Waals surface area contributed by atoms with Crippen LogP contribution in [0, 0.1) is 6.92 Å². The van der Waals surface area contributed by atoms with Crippen LogP contribution < -0.4 is 10.1 Å². The van der Waals surface area contributed by atoms with Gasteiger partial charge in [-0.05, 0) is 38.0 Å². The second-order valence-corrected chi connectivity index (χ2v) is 6.12. The van der Waals surface area contributed by atoms with Crippen LogP contribution in [0.4, 0.5) is 0 Å². The Labute approximate surface area is 139 Å². The molecule has 122 valence electrons. The number of halogens is 1. The molecule has 1 aromatic heterocycles. The zero-order valence-corrected chi connectivity index (χ0v) is 13.9. The molecule has 0 spiro atoms. The maximum Gasteiger partial charge on any atom is 0.273 e. The van der Waals surface area contributed by atoms with Gasteiger partial charge in [0, 0.05) is 6.04 Å². The highest BCUT2D eigenvalue weighted by atomic mass is 35.5. The maximum absolute atomic E-state index is 12.4. The summed E-state index contributed by atoms with van der Waals surface area (Å²) in [5.41, 5.74) is 1.77. The van der Waals surface area contributed by atoms with Crippen LogP contribution in [0.15, 0.2) is 18.2 Å². The number of nitrogens with zero attached hydrogens (tertiary/aromatic N) is 3. The van der Waals surface area contributed by atoms with Gasteiger partial charge in [0.25, 0.3) is 5.91 Å². The van der Waals surface area contributed by atoms with Gasteiger partial charge >= 0.3 is 0 Å². The van der Waals surface area contributed by atoms with Crippen molar-refractivity contribution in [3.63, 3.8) is 0 Å². The molecule has 1 N–H and O–H groups in total. The Morgan fingerprint density at radius 2 is 2.13 bits per heavy atom. The minimum atomic E-state index is -0.166. The topological polar surface area (TPSA) is 69.0 Å². The number of ether oxygens (including phenoxy) is 1. The molecule has 23 heavy (non-hydrogen) atoms. The van der Waals surface area contributed by atoms with E-state index in [0.717, 1.165) is 18.5 Å². The first kappa shape index (κ1) is 15.8. The van der Waals surface area contributed by atoms with Crippen LogP contribution in [0.3, 0.4) is 0 Å². The molecule has 0 bridgehead atoms. The van der Waals surface area contributed by atoms with Crippen LogP contribution in [0.1, 0.15) is 41.9 Å². The second-order valence-electron chi connectivity index (χ2n) is 5.71. The van der Waals surface area contributed by atoms with Crippen LogP contribution >= 0.6 is 11.6 Å². The van der Waals surface area contributed by atoms with E-state index in [-0.39, 0.29) is 11.9 Å². The number of benzene rings is 1. The monoisotopic (exact) mass is 334 g/mol. The van der Waals surface area contributed by atoms with Gasteiger partial charge in [0.05, 0.1) is 23.5 Å². The van der Waals surface area contributed by atoms with E-state index in [2.05, 4.69) is 15.6 Å². The third-order valence-electron chi connectivity index (χ3n) is 4.18. The van der Waals surface area contributed by atoms with Crippen LogP contribution in [-0.4, -0.2) is 34.1 Å². The first-order chi connectivity index (χ1) is 11.1. The molecule has 0 aliphatic heterocycles. The standard InChI is InChI=1S/C16H19ClN4O2/c1-10-15(16(22)18-11-5-3-4-6-11)19-20-21(10)12-7-8-14(23-2)13(17)9-12/h7-9,11H,3-6H2,1-2H3,(H,18,22). The van der Waals surface area contributed by atoms with E-state index in [4.69, 9.17) is 16.3 Å². The van der Waals surface area contributed by atoms with Crippen molar-refractivity contribution in [3.8, 4) is 11.4 Å². The lowest BCUT2D eigenvalue weighted by atomic mass is 10.2. The lowest BCUT2D eigenvalue weighted by molar-refractivity contribution is 0.0932. The van der Waals surface area contributed by atoms with Gasteiger partial charge in [-0.25, -0.2) is 4.68 Å². The molecular weight excluding hydrogens is 316 g/mol. The Balaban J connectivity index is 1.83. The summed E-state index contributed by atoms with van der Waals surface area (Å²) < 4.78 is 6.75. The van der Waals surface area contributed by atoms with Gasteiger partial charge in [-0.1, -0.05) is 29.7 Å². The molecule has 0 saturated heterocycles. The highest BCUT2D eigenvalue weighted by Crippen LogP contribution is 2.27. The maximum atomic E-state index is 12.4. The molecule has 0 unspecified atom stereocenters. The Morgan fingerprint density at radius 1 is 1.39 bits per heavy atom. The Bertz CT molecular complexity index is 723. The number of methoxy groups -OCH3 is 1. The predicted molar refractivity (Wildman–Crippen MR) is 87.4 cm³/mol. The number of hydrogen-bond donors (Lipinski definition) is 1. The van der Waals surface area contributed by atoms with Crippen molar-refractivity contribution in [2.75, 3.05) is 7.11 Å². The molecule has 7 heteroatoms. The fourth-order valence-electron chi connectivity index (χ4n) is 2.90. The van der Waals surface area contributed by atoms with E-state index in [0.29, 0.717) is 22.2 Å². The molecule has 1 aliphatic carbocycles. The van der Waals surface area contributed by atoms with Crippen molar-refractivity contribution in [1.82, 2.24) is 20.3 Å². The number of carbonyl (C=O) groups is 1. The first-order valence-electron chi connectivity index (χ1n) is 7.67. The lowest BCUT2D eigenvalue weighted by Crippen LogP contribution is -2.33. The Kier molecular flexibility index (Phi) is 4.52. The molecular formula is C16H19ClN4O2. The summed E-state index contributed by atoms with van der Waals surface area (Å²) in [6.07, 6.45) is 4.40. The largest absolute Gasteiger partial charge is 0.495 e. The smallest absolute Gasteiger partial charge is 0.273 e. The molecule has 1 fully saturated rings. The fourth-order valence-corrected chi connectivity index (χ4v) is 3.15. The number of amides is 1. The Morgan fingerprint density at radius 3 is 2.78 bits per heavy atom. The van der Waals surface area contributed by atoms with Crippen LogP contribution in [0.5, 0.6) is 5.75 Å². The number of aromatic nitrogens is 3. The molecule has 0 atom stereocenters. The number of nitrogens with one attached hydrogen (secondary N) is 1. The zero-order valence-electron chi connectivity index (χ0n) is 13.2. The third-order valence-corrected chi connectivity index (χ3v) is 4.48. The van der Waals surface area contributed by atoms with Gasteiger partial charge in [-0.3, -0.25) is 4.79 Å². The molecule has 3 rings (SSSR count). The summed E-state index contributed by atoms with van der Waals surface area (Å²) in [6.45, 7) is 1.82. The van der Waals surface area contributed by atoms with Crippen molar-refractivity contribution in [2.45, 2.75) is 38.6 Å². The Hall–Kier alpha value is -2.08. The van der Waals surface area contributed by atoms with Gasteiger partial charge in [0.15, 0.2) is 5.69 Å². The molecule has 0 radical (unpaired) electrons. The van der Waals surface area contributed by atoms with Crippen molar-refractivity contribution < 1.29 is 9.53 Å².